The third-order valence-corrected chi connectivity index (χ3v) is 1.50. The van der Waals surface area contributed by atoms with Crippen molar-refractivity contribution >= 4 is 5.91 Å². The molecule has 1 heterocycles. The molecule has 1 rings (SSSR count). The zero-order valence-corrected chi connectivity index (χ0v) is 11.1. The van der Waals surface area contributed by atoms with E-state index in [0.29, 0.717) is 6.42 Å². The molecular formula is C13H24N2O. The predicted octanol–water partition coefficient (Wildman–Crippen LogP) is 2.95. The summed E-state index contributed by atoms with van der Waals surface area (Å²) in [7, 11) is 0. The fraction of sp³-hybridized carbons (Fsp3) is 0.538. The zero-order valence-electron chi connectivity index (χ0n) is 11.1. The predicted molar refractivity (Wildman–Crippen MR) is 69.3 cm³/mol. The van der Waals surface area contributed by atoms with Crippen molar-refractivity contribution in [3.05, 3.63) is 30.1 Å². The fourth-order valence-corrected chi connectivity index (χ4v) is 0.770. The van der Waals surface area contributed by atoms with Crippen molar-refractivity contribution in [2.45, 2.75) is 41.0 Å². The van der Waals surface area contributed by atoms with Crippen LogP contribution in [0.4, 0.5) is 0 Å². The Morgan fingerprint density at radius 3 is 2.19 bits per heavy atom. The van der Waals surface area contributed by atoms with E-state index in [2.05, 4.69) is 10.3 Å². The summed E-state index contributed by atoms with van der Waals surface area (Å²) in [4.78, 5) is 14.2. The van der Waals surface area contributed by atoms with Crippen molar-refractivity contribution < 1.29 is 4.79 Å². The van der Waals surface area contributed by atoms with Gasteiger partial charge in [0.05, 0.1) is 0 Å². The van der Waals surface area contributed by atoms with Gasteiger partial charge in [-0.15, -0.1) is 0 Å². The Labute approximate surface area is 99.3 Å². The molecule has 1 aromatic heterocycles. The molecule has 3 heteroatoms. The smallest absolute Gasteiger partial charge is 0.219 e. The summed E-state index contributed by atoms with van der Waals surface area (Å²) >= 11 is 0. The van der Waals surface area contributed by atoms with Crippen LogP contribution in [0.2, 0.25) is 0 Å². The summed E-state index contributed by atoms with van der Waals surface area (Å²) in [6.45, 7) is 10.5. The highest BCUT2D eigenvalue weighted by molar-refractivity contribution is 5.75. The number of hydrogen-bond acceptors (Lipinski definition) is 2. The standard InChI is InChI=1S/C6H7N.C5H11NO.C2H6/c1-6-3-2-4-7-5-6;1-3-5(7)6-4-2;1-2/h2-5H,1H3;3-4H2,1-2H3,(H,6,7);1-2H3. The van der Waals surface area contributed by atoms with Gasteiger partial charge in [0.15, 0.2) is 0 Å². The largest absolute Gasteiger partial charge is 0.356 e. The number of carbonyl (C=O) groups is 1. The average molecular weight is 224 g/mol. The van der Waals surface area contributed by atoms with E-state index in [9.17, 15) is 4.79 Å². The fourth-order valence-electron chi connectivity index (χ4n) is 0.770. The van der Waals surface area contributed by atoms with Gasteiger partial charge in [-0.1, -0.05) is 26.8 Å². The molecule has 0 aliphatic carbocycles. The lowest BCUT2D eigenvalue weighted by Gasteiger charge is -1.93. The minimum absolute atomic E-state index is 0.127. The molecule has 0 aliphatic rings. The molecule has 0 saturated carbocycles. The second-order valence-corrected chi connectivity index (χ2v) is 2.84. The summed E-state index contributed by atoms with van der Waals surface area (Å²) < 4.78 is 0. The van der Waals surface area contributed by atoms with Crippen molar-refractivity contribution in [2.75, 3.05) is 6.54 Å². The van der Waals surface area contributed by atoms with E-state index in [4.69, 9.17) is 0 Å². The Hall–Kier alpha value is -1.38. The van der Waals surface area contributed by atoms with Gasteiger partial charge < -0.3 is 5.32 Å². The van der Waals surface area contributed by atoms with E-state index in [1.165, 1.54) is 5.56 Å². The Morgan fingerprint density at radius 1 is 1.38 bits per heavy atom. The summed E-state index contributed by atoms with van der Waals surface area (Å²) in [6.07, 6.45) is 4.20. The van der Waals surface area contributed by atoms with E-state index < -0.39 is 0 Å². The molecule has 0 unspecified atom stereocenters. The topological polar surface area (TPSA) is 42.0 Å². The molecule has 0 atom stereocenters. The van der Waals surface area contributed by atoms with Crippen molar-refractivity contribution in [3.63, 3.8) is 0 Å². The number of carbonyl (C=O) groups excluding carboxylic acids is 1. The van der Waals surface area contributed by atoms with Crippen LogP contribution in [-0.4, -0.2) is 17.4 Å². The van der Waals surface area contributed by atoms with E-state index >= 15 is 0 Å². The van der Waals surface area contributed by atoms with Crippen LogP contribution in [0.1, 0.15) is 39.7 Å². The third-order valence-electron chi connectivity index (χ3n) is 1.50. The summed E-state index contributed by atoms with van der Waals surface area (Å²) in [5, 5.41) is 2.66. The second-order valence-electron chi connectivity index (χ2n) is 2.84. The molecule has 0 aromatic carbocycles. The molecule has 0 fully saturated rings. The lowest BCUT2D eigenvalue weighted by molar-refractivity contribution is -0.120. The highest BCUT2D eigenvalue weighted by Crippen LogP contribution is 1.88. The van der Waals surface area contributed by atoms with Crippen molar-refractivity contribution in [1.82, 2.24) is 10.3 Å². The number of amides is 1. The van der Waals surface area contributed by atoms with Gasteiger partial charge in [0.2, 0.25) is 5.91 Å². The van der Waals surface area contributed by atoms with Crippen molar-refractivity contribution in [1.29, 1.82) is 0 Å². The van der Waals surface area contributed by atoms with Gasteiger partial charge in [0.25, 0.3) is 0 Å². The first-order valence-corrected chi connectivity index (χ1v) is 5.84. The number of hydrogen-bond donors (Lipinski definition) is 1. The summed E-state index contributed by atoms with van der Waals surface area (Å²) in [5.74, 6) is 0.127. The van der Waals surface area contributed by atoms with Gasteiger partial charge in [0.1, 0.15) is 0 Å². The van der Waals surface area contributed by atoms with Gasteiger partial charge in [-0.2, -0.15) is 0 Å². The van der Waals surface area contributed by atoms with Crippen LogP contribution in [0.3, 0.4) is 0 Å². The molecule has 1 amide bonds. The van der Waals surface area contributed by atoms with Gasteiger partial charge in [-0.25, -0.2) is 0 Å². The first-order valence-electron chi connectivity index (χ1n) is 5.84. The molecule has 0 radical (unpaired) electrons. The summed E-state index contributed by atoms with van der Waals surface area (Å²) in [5.41, 5.74) is 1.21. The van der Waals surface area contributed by atoms with Crippen molar-refractivity contribution in [2.24, 2.45) is 0 Å². The quantitative estimate of drug-likeness (QED) is 0.839. The first kappa shape index (κ1) is 17.0. The SMILES string of the molecule is CC.CCNC(=O)CC.Cc1cccnc1. The van der Waals surface area contributed by atoms with Gasteiger partial charge in [-0.3, -0.25) is 9.78 Å². The maximum atomic E-state index is 10.3. The van der Waals surface area contributed by atoms with Crippen LogP contribution < -0.4 is 5.32 Å². The van der Waals surface area contributed by atoms with Gasteiger partial charge >= 0.3 is 0 Å². The van der Waals surface area contributed by atoms with E-state index in [1.807, 2.05) is 52.9 Å². The third kappa shape index (κ3) is 12.6. The molecule has 1 aromatic rings. The van der Waals surface area contributed by atoms with Gasteiger partial charge in [0, 0.05) is 25.4 Å². The number of aromatic nitrogens is 1. The molecule has 92 valence electrons. The normalized spacial score (nSPS) is 7.81. The number of rotatable bonds is 2. The molecule has 0 spiro atoms. The molecule has 3 nitrogen and oxygen atoms in total. The average Bonchev–Trinajstić information content (AvgIpc) is 2.34. The molecular weight excluding hydrogens is 200 g/mol. The van der Waals surface area contributed by atoms with E-state index in [0.717, 1.165) is 6.54 Å². The van der Waals surface area contributed by atoms with Crippen LogP contribution in [0.25, 0.3) is 0 Å². The summed E-state index contributed by atoms with van der Waals surface area (Å²) in [6, 6.07) is 3.95. The Kier molecular flexibility index (Phi) is 14.5. The van der Waals surface area contributed by atoms with E-state index in [-0.39, 0.29) is 5.91 Å². The lowest BCUT2D eigenvalue weighted by Crippen LogP contribution is -2.20. The highest BCUT2D eigenvalue weighted by Gasteiger charge is 1.88. The van der Waals surface area contributed by atoms with Crippen LogP contribution in [0.5, 0.6) is 0 Å². The maximum Gasteiger partial charge on any atom is 0.219 e. The van der Waals surface area contributed by atoms with Crippen LogP contribution in [0, 0.1) is 6.92 Å². The monoisotopic (exact) mass is 224 g/mol. The van der Waals surface area contributed by atoms with Crippen molar-refractivity contribution in [3.8, 4) is 0 Å². The first-order chi connectivity index (χ1) is 7.70. The molecule has 0 bridgehead atoms. The lowest BCUT2D eigenvalue weighted by atomic mass is 10.3. The Bertz CT molecular complexity index is 247. The van der Waals surface area contributed by atoms with Crippen LogP contribution in [-0.2, 0) is 4.79 Å². The van der Waals surface area contributed by atoms with Crippen LogP contribution in [0.15, 0.2) is 24.5 Å². The molecule has 0 saturated heterocycles. The number of nitrogens with one attached hydrogen (secondary N) is 1. The van der Waals surface area contributed by atoms with Crippen LogP contribution >= 0.6 is 0 Å². The minimum atomic E-state index is 0.127. The maximum absolute atomic E-state index is 10.3. The molecule has 16 heavy (non-hydrogen) atoms. The number of aryl methyl sites for hydroxylation is 1. The van der Waals surface area contributed by atoms with E-state index in [1.54, 1.807) is 6.20 Å². The minimum Gasteiger partial charge on any atom is -0.356 e. The Balaban J connectivity index is 0. The van der Waals surface area contributed by atoms with Gasteiger partial charge in [-0.05, 0) is 25.5 Å². The Morgan fingerprint density at radius 2 is 2.00 bits per heavy atom. The zero-order chi connectivity index (χ0) is 12.8. The number of pyridine rings is 1. The number of nitrogens with zero attached hydrogens (tertiary/aromatic N) is 1. The second kappa shape index (κ2) is 13.6. The molecule has 1 N–H and O–H groups in total. The molecule has 0 aliphatic heterocycles. The highest BCUT2D eigenvalue weighted by atomic mass is 16.1.